The zero-order valence-electron chi connectivity index (χ0n) is 10.7. The van der Waals surface area contributed by atoms with Crippen LogP contribution in [-0.2, 0) is 9.59 Å². The highest BCUT2D eigenvalue weighted by Gasteiger charge is 2.44. The van der Waals surface area contributed by atoms with Crippen LogP contribution in [0.15, 0.2) is 17.9 Å². The summed E-state index contributed by atoms with van der Waals surface area (Å²) in [5, 5.41) is 21.9. The number of amides is 2. The molecule has 11 heteroatoms. The maximum Gasteiger partial charge on any atom is 0.263 e. The summed E-state index contributed by atoms with van der Waals surface area (Å²) in [4.78, 5) is 47.2. The molecule has 7 nitrogen and oxygen atoms in total. The fraction of sp³-hybridized carbons (Fsp3) is 0.167. The van der Waals surface area contributed by atoms with Crippen LogP contribution in [0.2, 0.25) is 0 Å². The number of hydrogen-bond donors (Lipinski definition) is 0. The molecular formula is C12H3Br4NO6-2. The lowest BCUT2D eigenvalue weighted by atomic mass is 10.1. The molecule has 1 heterocycles. The van der Waals surface area contributed by atoms with Crippen molar-refractivity contribution in [3.63, 3.8) is 0 Å². The highest BCUT2D eigenvalue weighted by Crippen LogP contribution is 2.45. The number of aliphatic carboxylic acids is 2. The molecule has 2 amide bonds. The number of nitrogens with zero attached hydrogens (tertiary/aromatic N) is 1. The van der Waals surface area contributed by atoms with E-state index in [1.54, 1.807) is 0 Å². The molecule has 122 valence electrons. The van der Waals surface area contributed by atoms with Crippen molar-refractivity contribution >= 4 is 87.5 Å². The van der Waals surface area contributed by atoms with Crippen LogP contribution in [0.4, 0.5) is 0 Å². The van der Waals surface area contributed by atoms with E-state index in [1.165, 1.54) is 0 Å². The van der Waals surface area contributed by atoms with Gasteiger partial charge in [0.25, 0.3) is 11.8 Å². The lowest BCUT2D eigenvalue weighted by Crippen LogP contribution is -2.52. The third-order valence-electron chi connectivity index (χ3n) is 3.08. The van der Waals surface area contributed by atoms with Crippen LogP contribution in [0.1, 0.15) is 27.1 Å². The van der Waals surface area contributed by atoms with Gasteiger partial charge in [-0.05, 0) is 63.7 Å². The number of rotatable bonds is 4. The van der Waals surface area contributed by atoms with E-state index in [9.17, 15) is 29.4 Å². The van der Waals surface area contributed by atoms with Crippen molar-refractivity contribution in [2.45, 2.75) is 12.5 Å². The molecule has 0 fully saturated rings. The molecular weight excluding hydrogens is 574 g/mol. The van der Waals surface area contributed by atoms with Crippen LogP contribution in [-0.4, -0.2) is 34.7 Å². The molecule has 0 aromatic heterocycles. The predicted molar refractivity (Wildman–Crippen MR) is 86.2 cm³/mol. The summed E-state index contributed by atoms with van der Waals surface area (Å²) >= 11 is 12.8. The van der Waals surface area contributed by atoms with Crippen LogP contribution < -0.4 is 10.2 Å². The zero-order chi connectivity index (χ0) is 17.6. The number of hydrogen-bond acceptors (Lipinski definition) is 6. The number of benzene rings is 1. The molecule has 1 unspecified atom stereocenters. The average Bonchev–Trinajstić information content (AvgIpc) is 2.71. The Hall–Kier alpha value is -0.780. The molecule has 0 aliphatic carbocycles. The third-order valence-corrected chi connectivity index (χ3v) is 7.84. The fourth-order valence-corrected chi connectivity index (χ4v) is 4.54. The molecule has 0 radical (unpaired) electrons. The number of imide groups is 1. The topological polar surface area (TPSA) is 118 Å². The normalized spacial score (nSPS) is 14.9. The van der Waals surface area contributed by atoms with Crippen molar-refractivity contribution in [3.8, 4) is 0 Å². The standard InChI is InChI=1S/C12H5Br4NO6/c13-6-4-5(7(14)9(16)8(6)15)11(21)17(10(4)20)2(12(22)23)1-3(18)19/h2H,1H2,(H,18,19)(H,22,23)/p-2. The number of carbonyl (C=O) groups excluding carboxylic acids is 4. The first-order chi connectivity index (χ1) is 10.6. The van der Waals surface area contributed by atoms with Crippen molar-refractivity contribution in [3.05, 3.63) is 29.0 Å². The minimum Gasteiger partial charge on any atom is -0.550 e. The van der Waals surface area contributed by atoms with Crippen LogP contribution in [0, 0.1) is 0 Å². The van der Waals surface area contributed by atoms with Crippen molar-refractivity contribution < 1.29 is 29.4 Å². The number of carboxylic acid groups (broad SMARTS) is 2. The molecule has 1 aromatic rings. The zero-order valence-corrected chi connectivity index (χ0v) is 17.0. The third kappa shape index (κ3) is 2.99. The Morgan fingerprint density at radius 1 is 0.870 bits per heavy atom. The van der Waals surface area contributed by atoms with Gasteiger partial charge in [-0.3, -0.25) is 14.5 Å². The Morgan fingerprint density at radius 2 is 1.26 bits per heavy atom. The first kappa shape index (κ1) is 18.6. The van der Waals surface area contributed by atoms with E-state index >= 15 is 0 Å². The van der Waals surface area contributed by atoms with Crippen LogP contribution in [0.3, 0.4) is 0 Å². The summed E-state index contributed by atoms with van der Waals surface area (Å²) in [5.74, 6) is -5.48. The van der Waals surface area contributed by atoms with E-state index < -0.39 is 36.2 Å². The van der Waals surface area contributed by atoms with Crippen LogP contribution >= 0.6 is 63.7 Å². The summed E-state index contributed by atoms with van der Waals surface area (Å²) in [6, 6.07) is -1.97. The maximum absolute atomic E-state index is 12.5. The largest absolute Gasteiger partial charge is 0.550 e. The predicted octanol–water partition coefficient (Wildman–Crippen LogP) is 0.591. The van der Waals surface area contributed by atoms with E-state index in [4.69, 9.17) is 0 Å². The smallest absolute Gasteiger partial charge is 0.263 e. The first-order valence-electron chi connectivity index (χ1n) is 5.74. The first-order valence-corrected chi connectivity index (χ1v) is 8.91. The summed E-state index contributed by atoms with van der Waals surface area (Å²) in [5.41, 5.74) is -0.164. The monoisotopic (exact) mass is 573 g/mol. The maximum atomic E-state index is 12.5. The van der Waals surface area contributed by atoms with Gasteiger partial charge in [-0.1, -0.05) is 0 Å². The average molecular weight is 577 g/mol. The van der Waals surface area contributed by atoms with E-state index in [-0.39, 0.29) is 20.1 Å². The molecule has 0 saturated heterocycles. The molecule has 0 saturated carbocycles. The minimum atomic E-state index is -1.97. The molecule has 1 aliphatic rings. The van der Waals surface area contributed by atoms with Gasteiger partial charge < -0.3 is 19.8 Å². The van der Waals surface area contributed by atoms with Crippen molar-refractivity contribution in [1.29, 1.82) is 0 Å². The van der Waals surface area contributed by atoms with E-state index in [0.717, 1.165) is 0 Å². The van der Waals surface area contributed by atoms with Gasteiger partial charge in [-0.15, -0.1) is 0 Å². The van der Waals surface area contributed by atoms with Crippen molar-refractivity contribution in [2.75, 3.05) is 0 Å². The summed E-state index contributed by atoms with van der Waals surface area (Å²) in [6.07, 6.45) is -1.06. The van der Waals surface area contributed by atoms with Gasteiger partial charge in [0.2, 0.25) is 0 Å². The number of carbonyl (C=O) groups is 4. The van der Waals surface area contributed by atoms with Crippen LogP contribution in [0.25, 0.3) is 0 Å². The summed E-state index contributed by atoms with van der Waals surface area (Å²) in [6.45, 7) is 0. The number of carboxylic acids is 2. The molecule has 1 atom stereocenters. The quantitative estimate of drug-likeness (QED) is 0.294. The number of fused-ring (bicyclic) bond motifs is 1. The molecule has 0 bridgehead atoms. The minimum absolute atomic E-state index is 0.0819. The van der Waals surface area contributed by atoms with E-state index in [2.05, 4.69) is 63.7 Å². The SMILES string of the molecule is O=C([O-])CC(C(=O)[O-])N1C(=O)c2c(Br)c(Br)c(Br)c(Br)c2C1=O. The van der Waals surface area contributed by atoms with E-state index in [0.29, 0.717) is 13.8 Å². The lowest BCUT2D eigenvalue weighted by Gasteiger charge is -2.27. The van der Waals surface area contributed by atoms with Crippen molar-refractivity contribution in [1.82, 2.24) is 4.90 Å². The Morgan fingerprint density at radius 3 is 1.57 bits per heavy atom. The van der Waals surface area contributed by atoms with Crippen LogP contribution in [0.5, 0.6) is 0 Å². The lowest BCUT2D eigenvalue weighted by molar-refractivity contribution is -0.319. The highest BCUT2D eigenvalue weighted by atomic mass is 79.9. The van der Waals surface area contributed by atoms with Gasteiger partial charge in [-0.2, -0.15) is 0 Å². The second kappa shape index (κ2) is 6.61. The Bertz CT molecular complexity index is 731. The molecule has 1 aliphatic heterocycles. The van der Waals surface area contributed by atoms with Gasteiger partial charge in [0, 0.05) is 30.3 Å². The molecule has 0 spiro atoms. The summed E-state index contributed by atoms with van der Waals surface area (Å²) in [7, 11) is 0. The second-order valence-electron chi connectivity index (χ2n) is 4.40. The molecule has 0 N–H and O–H groups in total. The van der Waals surface area contributed by atoms with E-state index in [1.807, 2.05) is 0 Å². The fourth-order valence-electron chi connectivity index (χ4n) is 2.09. The Kier molecular flexibility index (Phi) is 5.34. The highest BCUT2D eigenvalue weighted by molar-refractivity contribution is 9.15. The van der Waals surface area contributed by atoms with Gasteiger partial charge in [0.05, 0.1) is 23.1 Å². The van der Waals surface area contributed by atoms with Crippen molar-refractivity contribution in [2.24, 2.45) is 0 Å². The van der Waals surface area contributed by atoms with Gasteiger partial charge in [0.1, 0.15) is 0 Å². The number of halogens is 4. The van der Waals surface area contributed by atoms with Gasteiger partial charge in [-0.25, -0.2) is 0 Å². The Balaban J connectivity index is 2.66. The Labute approximate surface area is 162 Å². The van der Waals surface area contributed by atoms with Gasteiger partial charge >= 0.3 is 0 Å². The van der Waals surface area contributed by atoms with Gasteiger partial charge in [0.15, 0.2) is 0 Å². The molecule has 2 rings (SSSR count). The molecule has 23 heavy (non-hydrogen) atoms. The molecule has 1 aromatic carbocycles. The second-order valence-corrected chi connectivity index (χ2v) is 7.57. The summed E-state index contributed by atoms with van der Waals surface area (Å²) < 4.78 is 1.31.